The van der Waals surface area contributed by atoms with E-state index in [9.17, 15) is 4.79 Å². The average Bonchev–Trinajstić information content (AvgIpc) is 2.82. The molecule has 0 unspecified atom stereocenters. The van der Waals surface area contributed by atoms with Crippen molar-refractivity contribution in [3.05, 3.63) is 15.7 Å². The van der Waals surface area contributed by atoms with Gasteiger partial charge >= 0.3 is 5.97 Å². The van der Waals surface area contributed by atoms with Crippen LogP contribution in [-0.2, 0) is 9.47 Å². The monoisotopic (exact) mass is 357 g/mol. The summed E-state index contributed by atoms with van der Waals surface area (Å²) in [6.45, 7) is 7.41. The van der Waals surface area contributed by atoms with Crippen molar-refractivity contribution in [3.63, 3.8) is 0 Å². The quantitative estimate of drug-likeness (QED) is 0.464. The summed E-state index contributed by atoms with van der Waals surface area (Å²) in [5.41, 5.74) is 0.801. The number of nitrogens with one attached hydrogen (secondary N) is 1. The van der Waals surface area contributed by atoms with E-state index >= 15 is 0 Å². The zero-order valence-electron chi connectivity index (χ0n) is 13.6. The lowest BCUT2D eigenvalue weighted by atomic mass is 10.2. The fourth-order valence-electron chi connectivity index (χ4n) is 2.02. The highest BCUT2D eigenvalue weighted by molar-refractivity contribution is 7.20. The van der Waals surface area contributed by atoms with Crippen LogP contribution in [0.15, 0.2) is 0 Å². The van der Waals surface area contributed by atoms with Crippen molar-refractivity contribution in [1.29, 1.82) is 0 Å². The first-order valence-electron chi connectivity index (χ1n) is 7.30. The Morgan fingerprint density at radius 1 is 1.35 bits per heavy atom. The van der Waals surface area contributed by atoms with Gasteiger partial charge < -0.3 is 14.8 Å². The minimum absolute atomic E-state index is 0.157. The normalized spacial score (nSPS) is 11.2. The van der Waals surface area contributed by atoms with Crippen molar-refractivity contribution in [2.75, 3.05) is 32.2 Å². The fourth-order valence-corrected chi connectivity index (χ4v) is 3.31. The van der Waals surface area contributed by atoms with Crippen molar-refractivity contribution in [2.24, 2.45) is 5.92 Å². The van der Waals surface area contributed by atoms with Gasteiger partial charge in [0.05, 0.1) is 12.0 Å². The molecule has 0 atom stereocenters. The fraction of sp³-hybridized carbons (Fsp3) is 0.533. The molecular weight excluding hydrogens is 338 g/mol. The molecule has 2 aromatic rings. The lowest BCUT2D eigenvalue weighted by Gasteiger charge is -2.10. The van der Waals surface area contributed by atoms with E-state index in [0.29, 0.717) is 28.1 Å². The molecule has 0 fully saturated rings. The Balaban J connectivity index is 2.36. The van der Waals surface area contributed by atoms with Gasteiger partial charge in [0.15, 0.2) is 0 Å². The summed E-state index contributed by atoms with van der Waals surface area (Å²) in [6, 6.07) is 0. The van der Waals surface area contributed by atoms with Crippen LogP contribution in [0.5, 0.6) is 0 Å². The van der Waals surface area contributed by atoms with Crippen molar-refractivity contribution in [1.82, 2.24) is 9.97 Å². The molecule has 0 saturated carbocycles. The summed E-state index contributed by atoms with van der Waals surface area (Å²) in [5.74, 6) is 0.725. The third-order valence-corrected chi connectivity index (χ3v) is 4.48. The molecule has 126 valence electrons. The zero-order valence-corrected chi connectivity index (χ0v) is 15.2. The predicted octanol–water partition coefficient (Wildman–Crippen LogP) is 3.52. The number of halogens is 1. The van der Waals surface area contributed by atoms with E-state index in [1.165, 1.54) is 11.3 Å². The SMILES string of the molecule is COCCOC(=O)c1sc2nc(Cl)nc(NCC(C)C)c2c1C. The molecular formula is C15H20ClN3O3S. The molecule has 6 nitrogen and oxygen atoms in total. The third-order valence-electron chi connectivity index (χ3n) is 3.15. The number of hydrogen-bond acceptors (Lipinski definition) is 7. The lowest BCUT2D eigenvalue weighted by Crippen LogP contribution is -2.10. The number of carbonyl (C=O) groups is 1. The van der Waals surface area contributed by atoms with Crippen LogP contribution in [0.2, 0.25) is 5.28 Å². The maximum atomic E-state index is 12.2. The summed E-state index contributed by atoms with van der Waals surface area (Å²) < 4.78 is 10.1. The minimum atomic E-state index is -0.381. The first kappa shape index (κ1) is 17.9. The second-order valence-corrected chi connectivity index (χ2v) is 6.82. The first-order valence-corrected chi connectivity index (χ1v) is 8.50. The molecule has 0 aliphatic rings. The number of anilines is 1. The maximum absolute atomic E-state index is 12.2. The molecule has 2 aromatic heterocycles. The number of thiophene rings is 1. The number of ether oxygens (including phenoxy) is 2. The number of esters is 1. The first-order chi connectivity index (χ1) is 10.9. The summed E-state index contributed by atoms with van der Waals surface area (Å²) in [6.07, 6.45) is 0. The molecule has 23 heavy (non-hydrogen) atoms. The lowest BCUT2D eigenvalue weighted by molar-refractivity contribution is 0.0393. The van der Waals surface area contributed by atoms with Gasteiger partial charge in [0.2, 0.25) is 5.28 Å². The van der Waals surface area contributed by atoms with Gasteiger partial charge in [0.1, 0.15) is 22.1 Å². The van der Waals surface area contributed by atoms with Crippen LogP contribution in [0.3, 0.4) is 0 Å². The molecule has 0 saturated heterocycles. The highest BCUT2D eigenvalue weighted by Gasteiger charge is 2.21. The number of fused-ring (bicyclic) bond motifs is 1. The number of carbonyl (C=O) groups excluding carboxylic acids is 1. The van der Waals surface area contributed by atoms with E-state index in [-0.39, 0.29) is 17.9 Å². The third kappa shape index (κ3) is 4.31. The second kappa shape index (κ2) is 7.90. The molecule has 8 heteroatoms. The summed E-state index contributed by atoms with van der Waals surface area (Å²) in [4.78, 5) is 21.9. The van der Waals surface area contributed by atoms with Crippen LogP contribution in [0.4, 0.5) is 5.82 Å². The molecule has 0 bridgehead atoms. The van der Waals surface area contributed by atoms with Crippen molar-refractivity contribution in [3.8, 4) is 0 Å². The Morgan fingerprint density at radius 3 is 2.74 bits per heavy atom. The van der Waals surface area contributed by atoms with Gasteiger partial charge in [-0.1, -0.05) is 13.8 Å². The predicted molar refractivity (Wildman–Crippen MR) is 92.6 cm³/mol. The van der Waals surface area contributed by atoms with Crippen LogP contribution in [0.25, 0.3) is 10.2 Å². The van der Waals surface area contributed by atoms with Crippen LogP contribution >= 0.6 is 22.9 Å². The molecule has 0 aliphatic heterocycles. The van der Waals surface area contributed by atoms with Crippen molar-refractivity contribution < 1.29 is 14.3 Å². The van der Waals surface area contributed by atoms with Gasteiger partial charge in [-0.15, -0.1) is 11.3 Å². The minimum Gasteiger partial charge on any atom is -0.459 e. The van der Waals surface area contributed by atoms with E-state index in [2.05, 4.69) is 29.1 Å². The van der Waals surface area contributed by atoms with E-state index in [0.717, 1.165) is 17.5 Å². The van der Waals surface area contributed by atoms with Gasteiger partial charge in [-0.2, -0.15) is 0 Å². The highest BCUT2D eigenvalue weighted by atomic mass is 35.5. The van der Waals surface area contributed by atoms with Gasteiger partial charge in [0, 0.05) is 13.7 Å². The largest absolute Gasteiger partial charge is 0.459 e. The Bertz CT molecular complexity index is 703. The Morgan fingerprint density at radius 2 is 2.09 bits per heavy atom. The maximum Gasteiger partial charge on any atom is 0.348 e. The van der Waals surface area contributed by atoms with Crippen LogP contribution in [0, 0.1) is 12.8 Å². The Hall–Kier alpha value is -1.44. The summed E-state index contributed by atoms with van der Waals surface area (Å²) in [7, 11) is 1.56. The van der Waals surface area contributed by atoms with Crippen molar-refractivity contribution in [2.45, 2.75) is 20.8 Å². The standard InChI is InChI=1S/C15H20ClN3O3S/c1-8(2)7-17-12-10-9(3)11(14(20)22-6-5-21-4)23-13(10)19-15(16)18-12/h8H,5-7H2,1-4H3,(H,17,18,19). The number of aromatic nitrogens is 2. The molecule has 0 aliphatic carbocycles. The smallest absolute Gasteiger partial charge is 0.348 e. The van der Waals surface area contributed by atoms with Gasteiger partial charge in [-0.3, -0.25) is 0 Å². The topological polar surface area (TPSA) is 73.3 Å². The molecule has 1 N–H and O–H groups in total. The number of nitrogens with zero attached hydrogens (tertiary/aromatic N) is 2. The number of rotatable bonds is 7. The molecule has 2 heterocycles. The zero-order chi connectivity index (χ0) is 17.0. The number of hydrogen-bond donors (Lipinski definition) is 1. The molecule has 0 amide bonds. The highest BCUT2D eigenvalue weighted by Crippen LogP contribution is 2.35. The van der Waals surface area contributed by atoms with E-state index < -0.39 is 0 Å². The Kier molecular flexibility index (Phi) is 6.15. The van der Waals surface area contributed by atoms with Gasteiger partial charge in [-0.25, -0.2) is 14.8 Å². The van der Waals surface area contributed by atoms with Gasteiger partial charge in [-0.05, 0) is 30.0 Å². The van der Waals surface area contributed by atoms with Crippen LogP contribution in [-0.4, -0.2) is 42.8 Å². The van der Waals surface area contributed by atoms with Crippen LogP contribution < -0.4 is 5.32 Å². The second-order valence-electron chi connectivity index (χ2n) is 5.48. The van der Waals surface area contributed by atoms with Crippen LogP contribution in [0.1, 0.15) is 29.1 Å². The molecule has 0 aromatic carbocycles. The van der Waals surface area contributed by atoms with E-state index in [1.54, 1.807) is 7.11 Å². The van der Waals surface area contributed by atoms with E-state index in [1.807, 2.05) is 6.92 Å². The molecule has 2 rings (SSSR count). The number of methoxy groups -OCH3 is 1. The molecule has 0 radical (unpaired) electrons. The van der Waals surface area contributed by atoms with Gasteiger partial charge in [0.25, 0.3) is 0 Å². The summed E-state index contributed by atoms with van der Waals surface area (Å²) >= 11 is 7.26. The van der Waals surface area contributed by atoms with E-state index in [4.69, 9.17) is 21.1 Å². The molecule has 0 spiro atoms. The average molecular weight is 358 g/mol. The Labute approximate surface area is 144 Å². The van der Waals surface area contributed by atoms with Crippen molar-refractivity contribution >= 4 is 44.9 Å². The summed E-state index contributed by atoms with van der Waals surface area (Å²) in [5, 5.41) is 4.25. The number of aryl methyl sites for hydroxylation is 1.